The molecule has 2 aromatic rings. The molecule has 0 aliphatic rings. The van der Waals surface area contributed by atoms with Crippen molar-refractivity contribution in [3.8, 4) is 0 Å². The zero-order chi connectivity index (χ0) is 13.1. The van der Waals surface area contributed by atoms with E-state index in [1.165, 1.54) is 4.88 Å². The fraction of sp³-hybridized carbons (Fsp3) is 0.0833. The number of hydrogen-bond acceptors (Lipinski definition) is 3. The van der Waals surface area contributed by atoms with Gasteiger partial charge >= 0.3 is 5.97 Å². The molecular formula is C12H9Br2NO2S. The van der Waals surface area contributed by atoms with Crippen LogP contribution in [0.1, 0.15) is 15.2 Å². The Hall–Kier alpha value is -0.850. The Morgan fingerprint density at radius 2 is 2.06 bits per heavy atom. The Balaban J connectivity index is 2.11. The maximum absolute atomic E-state index is 10.8. The number of carboxylic acid groups (broad SMARTS) is 1. The minimum absolute atomic E-state index is 0.268. The summed E-state index contributed by atoms with van der Waals surface area (Å²) < 4.78 is 1.83. The Kier molecular flexibility index (Phi) is 4.42. The van der Waals surface area contributed by atoms with Gasteiger partial charge in [-0.25, -0.2) is 4.79 Å². The highest BCUT2D eigenvalue weighted by atomic mass is 79.9. The fourth-order valence-corrected chi connectivity index (χ4v) is 3.37. The van der Waals surface area contributed by atoms with Crippen molar-refractivity contribution in [2.45, 2.75) is 6.54 Å². The molecule has 1 aromatic heterocycles. The van der Waals surface area contributed by atoms with Crippen LogP contribution < -0.4 is 5.32 Å². The minimum atomic E-state index is -0.928. The third-order valence-electron chi connectivity index (χ3n) is 2.35. The van der Waals surface area contributed by atoms with Crippen LogP contribution in [0.3, 0.4) is 0 Å². The van der Waals surface area contributed by atoms with Crippen LogP contribution in [0.5, 0.6) is 0 Å². The second-order valence-electron chi connectivity index (χ2n) is 3.55. The number of anilines is 1. The van der Waals surface area contributed by atoms with Crippen molar-refractivity contribution >= 4 is 54.9 Å². The van der Waals surface area contributed by atoms with Gasteiger partial charge in [-0.3, -0.25) is 0 Å². The van der Waals surface area contributed by atoms with Gasteiger partial charge in [-0.15, -0.1) is 11.3 Å². The Labute approximate surface area is 125 Å². The van der Waals surface area contributed by atoms with Crippen LogP contribution in [0, 0.1) is 0 Å². The van der Waals surface area contributed by atoms with E-state index in [1.807, 2.05) is 11.4 Å². The number of carbonyl (C=O) groups is 1. The van der Waals surface area contributed by atoms with E-state index in [9.17, 15) is 4.79 Å². The van der Waals surface area contributed by atoms with Crippen LogP contribution in [0.25, 0.3) is 0 Å². The number of carboxylic acids is 1. The monoisotopic (exact) mass is 389 g/mol. The van der Waals surface area contributed by atoms with E-state index in [0.29, 0.717) is 6.54 Å². The molecule has 0 saturated carbocycles. The number of hydrogen-bond donors (Lipinski definition) is 2. The molecule has 0 radical (unpaired) electrons. The molecule has 2 N–H and O–H groups in total. The number of halogens is 2. The highest BCUT2D eigenvalue weighted by Gasteiger charge is 2.07. The maximum Gasteiger partial charge on any atom is 0.335 e. The zero-order valence-corrected chi connectivity index (χ0v) is 13.1. The van der Waals surface area contributed by atoms with Gasteiger partial charge in [0.05, 0.1) is 12.1 Å². The van der Waals surface area contributed by atoms with Gasteiger partial charge in [-0.2, -0.15) is 0 Å². The van der Waals surface area contributed by atoms with Gasteiger partial charge in [-0.05, 0) is 61.5 Å². The second kappa shape index (κ2) is 5.86. The second-order valence-corrected chi connectivity index (χ2v) is 6.25. The molecule has 1 heterocycles. The van der Waals surface area contributed by atoms with Gasteiger partial charge in [0.1, 0.15) is 0 Å². The van der Waals surface area contributed by atoms with Crippen molar-refractivity contribution in [2.24, 2.45) is 0 Å². The minimum Gasteiger partial charge on any atom is -0.478 e. The van der Waals surface area contributed by atoms with Crippen LogP contribution in [0.4, 0.5) is 5.69 Å². The van der Waals surface area contributed by atoms with E-state index in [2.05, 4.69) is 37.2 Å². The molecule has 6 heteroatoms. The van der Waals surface area contributed by atoms with Crippen molar-refractivity contribution in [2.75, 3.05) is 5.32 Å². The fourth-order valence-electron chi connectivity index (χ4n) is 1.42. The van der Waals surface area contributed by atoms with E-state index < -0.39 is 5.97 Å². The molecule has 0 saturated heterocycles. The molecule has 94 valence electrons. The van der Waals surface area contributed by atoms with Crippen LogP contribution in [0.15, 0.2) is 38.6 Å². The Bertz CT molecular complexity index is 583. The number of benzene rings is 1. The predicted octanol–water partition coefficient (Wildman–Crippen LogP) is 4.58. The number of aromatic carboxylic acids is 1. The first kappa shape index (κ1) is 13.6. The van der Waals surface area contributed by atoms with Crippen LogP contribution >= 0.6 is 43.2 Å². The topological polar surface area (TPSA) is 49.3 Å². The first-order valence-corrected chi connectivity index (χ1v) is 7.53. The van der Waals surface area contributed by atoms with Crippen molar-refractivity contribution in [1.29, 1.82) is 0 Å². The molecule has 0 bridgehead atoms. The van der Waals surface area contributed by atoms with Crippen LogP contribution in [-0.4, -0.2) is 11.1 Å². The van der Waals surface area contributed by atoms with Gasteiger partial charge < -0.3 is 10.4 Å². The van der Waals surface area contributed by atoms with E-state index in [4.69, 9.17) is 5.11 Å². The Morgan fingerprint density at radius 1 is 1.28 bits per heavy atom. The van der Waals surface area contributed by atoms with Crippen molar-refractivity contribution in [3.05, 3.63) is 49.0 Å². The maximum atomic E-state index is 10.8. The summed E-state index contributed by atoms with van der Waals surface area (Å²) in [5.41, 5.74) is 1.14. The van der Waals surface area contributed by atoms with E-state index in [-0.39, 0.29) is 5.56 Å². The summed E-state index contributed by atoms with van der Waals surface area (Å²) in [4.78, 5) is 12.0. The SMILES string of the molecule is O=C(O)c1ccc(NCc2sccc2Br)c(Br)c1. The summed E-state index contributed by atoms with van der Waals surface area (Å²) in [5, 5.41) is 14.2. The number of thiophene rings is 1. The molecule has 0 aliphatic heterocycles. The van der Waals surface area contributed by atoms with Gasteiger partial charge in [0.25, 0.3) is 0 Å². The number of rotatable bonds is 4. The molecule has 3 nitrogen and oxygen atoms in total. The van der Waals surface area contributed by atoms with E-state index >= 15 is 0 Å². The average molecular weight is 391 g/mol. The zero-order valence-electron chi connectivity index (χ0n) is 9.11. The van der Waals surface area contributed by atoms with Gasteiger partial charge in [0.2, 0.25) is 0 Å². The lowest BCUT2D eigenvalue weighted by molar-refractivity contribution is 0.0697. The quantitative estimate of drug-likeness (QED) is 0.802. The third-order valence-corrected chi connectivity index (χ3v) is 4.93. The molecule has 0 spiro atoms. The van der Waals surface area contributed by atoms with Crippen molar-refractivity contribution in [3.63, 3.8) is 0 Å². The van der Waals surface area contributed by atoms with Crippen LogP contribution in [-0.2, 0) is 6.54 Å². The molecule has 0 atom stereocenters. The van der Waals surface area contributed by atoms with Gasteiger partial charge in [0, 0.05) is 19.5 Å². The summed E-state index contributed by atoms with van der Waals surface area (Å²) in [6.45, 7) is 0.698. The van der Waals surface area contributed by atoms with E-state index in [0.717, 1.165) is 14.6 Å². The molecule has 1 aromatic carbocycles. The number of nitrogens with one attached hydrogen (secondary N) is 1. The highest BCUT2D eigenvalue weighted by Crippen LogP contribution is 2.27. The lowest BCUT2D eigenvalue weighted by Gasteiger charge is -2.08. The average Bonchev–Trinajstić information content (AvgIpc) is 2.73. The molecule has 0 fully saturated rings. The van der Waals surface area contributed by atoms with Gasteiger partial charge in [0.15, 0.2) is 0 Å². The summed E-state index contributed by atoms with van der Waals surface area (Å²) >= 11 is 8.50. The van der Waals surface area contributed by atoms with E-state index in [1.54, 1.807) is 29.5 Å². The lowest BCUT2D eigenvalue weighted by atomic mass is 10.2. The molecule has 0 unspecified atom stereocenters. The smallest absolute Gasteiger partial charge is 0.335 e. The third kappa shape index (κ3) is 3.13. The molecule has 0 amide bonds. The normalized spacial score (nSPS) is 10.3. The van der Waals surface area contributed by atoms with Gasteiger partial charge in [-0.1, -0.05) is 0 Å². The predicted molar refractivity (Wildman–Crippen MR) is 80.4 cm³/mol. The van der Waals surface area contributed by atoms with Crippen LogP contribution in [0.2, 0.25) is 0 Å². The first-order chi connectivity index (χ1) is 8.58. The molecule has 0 aliphatic carbocycles. The highest BCUT2D eigenvalue weighted by molar-refractivity contribution is 9.11. The molecular weight excluding hydrogens is 382 g/mol. The standard InChI is InChI=1S/C12H9Br2NO2S/c13-8-3-4-18-11(8)6-15-10-2-1-7(12(16)17)5-9(10)14/h1-5,15H,6H2,(H,16,17). The van der Waals surface area contributed by atoms with Crippen molar-refractivity contribution < 1.29 is 9.90 Å². The lowest BCUT2D eigenvalue weighted by Crippen LogP contribution is -2.01. The molecule has 2 rings (SSSR count). The summed E-state index contributed by atoms with van der Waals surface area (Å²) in [7, 11) is 0. The summed E-state index contributed by atoms with van der Waals surface area (Å²) in [6.07, 6.45) is 0. The first-order valence-electron chi connectivity index (χ1n) is 5.06. The van der Waals surface area contributed by atoms with Crippen molar-refractivity contribution in [1.82, 2.24) is 0 Å². The summed E-state index contributed by atoms with van der Waals surface area (Å²) in [5.74, 6) is -0.928. The molecule has 18 heavy (non-hydrogen) atoms. The summed E-state index contributed by atoms with van der Waals surface area (Å²) in [6, 6.07) is 6.94. The Morgan fingerprint density at radius 3 is 2.61 bits per heavy atom. The largest absolute Gasteiger partial charge is 0.478 e.